The van der Waals surface area contributed by atoms with Crippen LogP contribution >= 0.6 is 23.2 Å². The lowest BCUT2D eigenvalue weighted by Crippen LogP contribution is -2.26. The normalized spacial score (nSPS) is 12.0. The maximum Gasteiger partial charge on any atom is 0.305 e. The van der Waals surface area contributed by atoms with E-state index in [4.69, 9.17) is 38.1 Å². The van der Waals surface area contributed by atoms with Crippen molar-refractivity contribution in [2.75, 3.05) is 34.3 Å². The summed E-state index contributed by atoms with van der Waals surface area (Å²) in [6.45, 7) is 0.855. The number of amides is 1. The van der Waals surface area contributed by atoms with E-state index in [1.807, 2.05) is 62.6 Å². The number of ether oxygens (including phenoxy) is 1. The largest absolute Gasteiger partial charge is 0.497 e. The van der Waals surface area contributed by atoms with Gasteiger partial charge in [-0.3, -0.25) is 14.3 Å². The number of hydrogen-bond acceptors (Lipinski definition) is 5. The summed E-state index contributed by atoms with van der Waals surface area (Å²) in [5.74, 6) is -0.496. The second kappa shape index (κ2) is 14.2. The van der Waals surface area contributed by atoms with Crippen LogP contribution in [0.1, 0.15) is 34.8 Å². The highest BCUT2D eigenvalue weighted by molar-refractivity contribution is 6.35. The van der Waals surface area contributed by atoms with E-state index in [9.17, 15) is 9.59 Å². The fraction of sp³-hybridized carbons (Fsp3) is 0.229. The number of hydrogen-bond donors (Lipinski definition) is 2. The average molecular weight is 646 g/mol. The van der Waals surface area contributed by atoms with Crippen LogP contribution in [0.25, 0.3) is 33.3 Å². The Morgan fingerprint density at radius 1 is 0.911 bits per heavy atom. The Balaban J connectivity index is 1.62. The first-order valence-electron chi connectivity index (χ1n) is 14.5. The van der Waals surface area contributed by atoms with Gasteiger partial charge in [-0.05, 0) is 98.3 Å². The van der Waals surface area contributed by atoms with Crippen LogP contribution in [-0.4, -0.2) is 66.0 Å². The third-order valence-corrected chi connectivity index (χ3v) is 8.03. The summed E-state index contributed by atoms with van der Waals surface area (Å²) in [4.78, 5) is 25.6. The molecule has 10 heteroatoms. The van der Waals surface area contributed by atoms with E-state index in [0.29, 0.717) is 15.6 Å². The van der Waals surface area contributed by atoms with E-state index in [-0.39, 0.29) is 24.9 Å². The summed E-state index contributed by atoms with van der Waals surface area (Å²) in [5, 5.41) is 18.8. The number of aromatic nitrogens is 2. The van der Waals surface area contributed by atoms with Crippen molar-refractivity contribution < 1.29 is 19.4 Å². The Labute approximate surface area is 272 Å². The molecule has 0 aliphatic carbocycles. The molecule has 0 fully saturated rings. The number of carboxylic acid groups (broad SMARTS) is 1. The maximum absolute atomic E-state index is 12.6. The number of nitrogens with one attached hydrogen (secondary N) is 1. The third-order valence-electron chi connectivity index (χ3n) is 7.59. The minimum atomic E-state index is -0.963. The lowest BCUT2D eigenvalue weighted by molar-refractivity contribution is -0.136. The molecular weight excluding hydrogens is 611 g/mol. The molecule has 4 aromatic carbocycles. The quantitative estimate of drug-likeness (QED) is 0.147. The minimum absolute atomic E-state index is 0.0630. The Morgan fingerprint density at radius 2 is 1.58 bits per heavy atom. The highest BCUT2D eigenvalue weighted by atomic mass is 35.5. The number of carbonyl (C=O) groups is 2. The summed E-state index contributed by atoms with van der Waals surface area (Å²) in [6, 6.07) is 26.9. The first-order valence-corrected chi connectivity index (χ1v) is 15.3. The van der Waals surface area contributed by atoms with E-state index < -0.39 is 5.97 Å². The number of carboxylic acids is 1. The second-order valence-electron chi connectivity index (χ2n) is 11.0. The Morgan fingerprint density at radius 3 is 2.20 bits per heavy atom. The van der Waals surface area contributed by atoms with Gasteiger partial charge in [-0.25, -0.2) is 0 Å². The zero-order valence-corrected chi connectivity index (χ0v) is 26.8. The summed E-state index contributed by atoms with van der Waals surface area (Å²) >= 11 is 12.8. The van der Waals surface area contributed by atoms with E-state index >= 15 is 0 Å². The van der Waals surface area contributed by atoms with Crippen LogP contribution in [0.5, 0.6) is 5.75 Å². The lowest BCUT2D eigenvalue weighted by atomic mass is 9.99. The number of carbonyl (C=O) groups excluding carboxylic acids is 1. The van der Waals surface area contributed by atoms with Crippen molar-refractivity contribution >= 4 is 46.0 Å². The fourth-order valence-electron chi connectivity index (χ4n) is 5.29. The van der Waals surface area contributed by atoms with Crippen LogP contribution in [0.15, 0.2) is 84.9 Å². The molecule has 0 saturated heterocycles. The second-order valence-corrected chi connectivity index (χ2v) is 11.9. The molecule has 0 spiro atoms. The molecule has 5 rings (SSSR count). The van der Waals surface area contributed by atoms with E-state index in [1.54, 1.807) is 25.3 Å². The number of benzene rings is 4. The molecule has 0 aliphatic heterocycles. The first kappa shape index (κ1) is 32.0. The smallest absolute Gasteiger partial charge is 0.305 e. The van der Waals surface area contributed by atoms with Gasteiger partial charge in [0.05, 0.1) is 25.1 Å². The fourth-order valence-corrected chi connectivity index (χ4v) is 5.82. The van der Waals surface area contributed by atoms with Gasteiger partial charge < -0.3 is 20.1 Å². The number of methoxy groups -OCH3 is 1. The molecule has 1 atom stereocenters. The molecular formula is C35H34Cl2N4O4. The Kier molecular flexibility index (Phi) is 10.1. The average Bonchev–Trinajstić information content (AvgIpc) is 3.39. The number of nitrogens with zero attached hydrogens (tertiary/aromatic N) is 3. The number of rotatable bonds is 12. The topological polar surface area (TPSA) is 96.7 Å². The maximum atomic E-state index is 12.6. The van der Waals surface area contributed by atoms with Gasteiger partial charge in [-0.1, -0.05) is 53.5 Å². The number of halogens is 2. The molecule has 45 heavy (non-hydrogen) atoms. The van der Waals surface area contributed by atoms with Crippen molar-refractivity contribution in [2.45, 2.75) is 18.9 Å². The van der Waals surface area contributed by atoms with Gasteiger partial charge in [0.1, 0.15) is 11.4 Å². The molecule has 8 nitrogen and oxygen atoms in total. The van der Waals surface area contributed by atoms with Crippen molar-refractivity contribution in [1.29, 1.82) is 0 Å². The highest BCUT2D eigenvalue weighted by Gasteiger charge is 2.22. The molecule has 0 unspecified atom stereocenters. The summed E-state index contributed by atoms with van der Waals surface area (Å²) < 4.78 is 7.41. The van der Waals surface area contributed by atoms with Crippen LogP contribution in [0.2, 0.25) is 10.0 Å². The van der Waals surface area contributed by atoms with Crippen molar-refractivity contribution in [2.24, 2.45) is 0 Å². The van der Waals surface area contributed by atoms with E-state index in [1.165, 1.54) is 0 Å². The SMILES string of the molecule is COc1ccc(-c2ccc3c(-c4cc(Cl)cc(Cl)c4)nn([C@@H](CCN(C)C)c4ccc(C(=O)NCCC(=O)O)cc4)c3c2)cc1. The molecule has 0 saturated carbocycles. The molecule has 232 valence electrons. The van der Waals surface area contributed by atoms with Crippen molar-refractivity contribution in [1.82, 2.24) is 20.0 Å². The van der Waals surface area contributed by atoms with Gasteiger partial charge in [0.25, 0.3) is 5.91 Å². The van der Waals surface area contributed by atoms with Crippen LogP contribution < -0.4 is 10.1 Å². The predicted molar refractivity (Wildman–Crippen MR) is 180 cm³/mol. The van der Waals surface area contributed by atoms with Crippen LogP contribution in [0, 0.1) is 0 Å². The Hall–Kier alpha value is -4.37. The highest BCUT2D eigenvalue weighted by Crippen LogP contribution is 2.37. The summed E-state index contributed by atoms with van der Waals surface area (Å²) in [5.41, 5.74) is 6.02. The summed E-state index contributed by atoms with van der Waals surface area (Å²) in [6.07, 6.45) is 0.609. The molecule has 5 aromatic rings. The van der Waals surface area contributed by atoms with Gasteiger partial charge >= 0.3 is 5.97 Å². The first-order chi connectivity index (χ1) is 21.6. The monoisotopic (exact) mass is 644 g/mol. The molecule has 0 bridgehead atoms. The van der Waals surface area contributed by atoms with Gasteiger partial charge in [-0.15, -0.1) is 0 Å². The zero-order valence-electron chi connectivity index (χ0n) is 25.3. The third kappa shape index (κ3) is 7.65. The number of fused-ring (bicyclic) bond motifs is 1. The van der Waals surface area contributed by atoms with E-state index in [2.05, 4.69) is 33.1 Å². The van der Waals surface area contributed by atoms with Gasteiger partial charge in [0, 0.05) is 33.1 Å². The van der Waals surface area contributed by atoms with Crippen LogP contribution in [-0.2, 0) is 4.79 Å². The summed E-state index contributed by atoms with van der Waals surface area (Å²) in [7, 11) is 5.71. The minimum Gasteiger partial charge on any atom is -0.497 e. The van der Waals surface area contributed by atoms with Crippen molar-refractivity contribution in [3.05, 3.63) is 106 Å². The van der Waals surface area contributed by atoms with Gasteiger partial charge in [0.15, 0.2) is 0 Å². The van der Waals surface area contributed by atoms with Crippen LogP contribution in [0.3, 0.4) is 0 Å². The zero-order chi connectivity index (χ0) is 32.1. The van der Waals surface area contributed by atoms with Crippen molar-refractivity contribution in [3.8, 4) is 28.1 Å². The molecule has 0 aliphatic rings. The molecule has 1 heterocycles. The molecule has 1 aromatic heterocycles. The van der Waals surface area contributed by atoms with Gasteiger partial charge in [0.2, 0.25) is 0 Å². The number of aliphatic carboxylic acids is 1. The van der Waals surface area contributed by atoms with E-state index in [0.717, 1.165) is 57.6 Å². The van der Waals surface area contributed by atoms with Crippen molar-refractivity contribution in [3.63, 3.8) is 0 Å². The molecule has 2 N–H and O–H groups in total. The predicted octanol–water partition coefficient (Wildman–Crippen LogP) is 7.43. The molecule has 0 radical (unpaired) electrons. The lowest BCUT2D eigenvalue weighted by Gasteiger charge is -2.22. The Bertz CT molecular complexity index is 1800. The molecule has 1 amide bonds. The standard InChI is InChI=1S/C35H34Cl2N4O4/c1-40(2)17-15-31(23-4-6-24(7-5-23)35(44)38-16-14-33(42)43)41-32-20-25(22-8-11-29(45-3)12-9-22)10-13-30(32)34(39-41)26-18-27(36)21-28(37)19-26/h4-13,18-21,31H,14-17H2,1-3H3,(H,38,44)(H,42,43)/t31-/m0/s1. The van der Waals surface area contributed by atoms with Gasteiger partial charge in [-0.2, -0.15) is 5.10 Å². The van der Waals surface area contributed by atoms with Crippen LogP contribution in [0.4, 0.5) is 0 Å².